The van der Waals surface area contributed by atoms with Gasteiger partial charge < -0.3 is 10.4 Å². The molecule has 0 spiro atoms. The first-order valence-corrected chi connectivity index (χ1v) is 7.12. The van der Waals surface area contributed by atoms with E-state index in [0.717, 1.165) is 12.1 Å². The maximum atomic E-state index is 12.9. The van der Waals surface area contributed by atoms with Gasteiger partial charge in [-0.3, -0.25) is 14.5 Å². The van der Waals surface area contributed by atoms with Crippen molar-refractivity contribution in [3.63, 3.8) is 0 Å². The summed E-state index contributed by atoms with van der Waals surface area (Å²) >= 11 is 5.56. The van der Waals surface area contributed by atoms with Gasteiger partial charge in [-0.2, -0.15) is 13.2 Å². The fourth-order valence-electron chi connectivity index (χ4n) is 1.97. The summed E-state index contributed by atoms with van der Waals surface area (Å²) < 4.78 is 38.8. The summed E-state index contributed by atoms with van der Waals surface area (Å²) in [6.07, 6.45) is -4.06. The van der Waals surface area contributed by atoms with E-state index >= 15 is 0 Å². The number of halogens is 5. The molecule has 0 bridgehead atoms. The molecule has 2 N–H and O–H groups in total. The lowest BCUT2D eigenvalue weighted by Crippen LogP contribution is -2.37. The summed E-state index contributed by atoms with van der Waals surface area (Å²) in [4.78, 5) is 23.9. The lowest BCUT2D eigenvalue weighted by molar-refractivity contribution is -0.138. The van der Waals surface area contributed by atoms with Crippen molar-refractivity contribution < 1.29 is 27.9 Å². The van der Waals surface area contributed by atoms with Gasteiger partial charge in [-0.15, -0.1) is 12.4 Å². The molecule has 24 heavy (non-hydrogen) atoms. The Morgan fingerprint density at radius 1 is 1.29 bits per heavy atom. The number of carbonyl (C=O) groups is 2. The van der Waals surface area contributed by atoms with Gasteiger partial charge in [0, 0.05) is 5.02 Å². The minimum atomic E-state index is -4.67. The summed E-state index contributed by atoms with van der Waals surface area (Å²) in [5.74, 6) is -1.85. The van der Waals surface area contributed by atoms with Crippen LogP contribution in [-0.4, -0.2) is 41.5 Å². The Morgan fingerprint density at radius 2 is 1.92 bits per heavy atom. The van der Waals surface area contributed by atoms with Gasteiger partial charge in [0.05, 0.1) is 24.3 Å². The monoisotopic (exact) mass is 388 g/mol. The molecule has 0 radical (unpaired) electrons. The highest BCUT2D eigenvalue weighted by Gasteiger charge is 2.34. The molecule has 0 saturated carbocycles. The van der Waals surface area contributed by atoms with Gasteiger partial charge >= 0.3 is 12.1 Å². The average molecular weight is 389 g/mol. The van der Waals surface area contributed by atoms with E-state index in [-0.39, 0.29) is 30.5 Å². The van der Waals surface area contributed by atoms with Crippen LogP contribution in [0.1, 0.15) is 18.9 Å². The first kappa shape index (κ1) is 22.5. The molecule has 5 nitrogen and oxygen atoms in total. The van der Waals surface area contributed by atoms with Crippen molar-refractivity contribution in [2.75, 3.05) is 25.0 Å². The molecule has 1 rings (SSSR count). The van der Waals surface area contributed by atoms with Crippen LogP contribution in [0.25, 0.3) is 0 Å². The van der Waals surface area contributed by atoms with Gasteiger partial charge in [-0.25, -0.2) is 0 Å². The molecule has 0 aliphatic carbocycles. The van der Waals surface area contributed by atoms with E-state index in [4.69, 9.17) is 16.7 Å². The molecule has 0 saturated heterocycles. The molecule has 0 atom stereocenters. The Kier molecular flexibility index (Phi) is 9.09. The van der Waals surface area contributed by atoms with E-state index in [1.807, 2.05) is 0 Å². The fraction of sp³-hybridized carbons (Fsp3) is 0.429. The highest BCUT2D eigenvalue weighted by molar-refractivity contribution is 6.30. The number of nitrogens with zero attached hydrogens (tertiary/aromatic N) is 1. The lowest BCUT2D eigenvalue weighted by Gasteiger charge is -2.20. The first-order chi connectivity index (χ1) is 10.6. The Labute approximate surface area is 148 Å². The van der Waals surface area contributed by atoms with Crippen LogP contribution in [0.2, 0.25) is 5.02 Å². The number of nitrogens with one attached hydrogen (secondary N) is 1. The van der Waals surface area contributed by atoms with Crippen molar-refractivity contribution in [1.29, 1.82) is 0 Å². The van der Waals surface area contributed by atoms with E-state index < -0.39 is 29.3 Å². The van der Waals surface area contributed by atoms with E-state index in [1.54, 1.807) is 6.92 Å². The van der Waals surface area contributed by atoms with Gasteiger partial charge in [0.25, 0.3) is 0 Å². The van der Waals surface area contributed by atoms with Gasteiger partial charge in [-0.1, -0.05) is 18.5 Å². The number of amides is 1. The van der Waals surface area contributed by atoms with E-state index in [9.17, 15) is 22.8 Å². The number of anilines is 1. The smallest absolute Gasteiger partial charge is 0.418 e. The predicted molar refractivity (Wildman–Crippen MR) is 86.7 cm³/mol. The Hall–Kier alpha value is -1.51. The van der Waals surface area contributed by atoms with E-state index in [1.165, 1.54) is 11.0 Å². The minimum Gasteiger partial charge on any atom is -0.480 e. The van der Waals surface area contributed by atoms with Crippen molar-refractivity contribution >= 4 is 41.6 Å². The zero-order chi connectivity index (χ0) is 17.6. The topological polar surface area (TPSA) is 69.6 Å². The van der Waals surface area contributed by atoms with Crippen LogP contribution < -0.4 is 5.32 Å². The second-order valence-electron chi connectivity index (χ2n) is 4.84. The highest BCUT2D eigenvalue weighted by Crippen LogP contribution is 2.36. The molecule has 0 heterocycles. The third-order valence-corrected chi connectivity index (χ3v) is 3.06. The normalized spacial score (nSPS) is 11.1. The largest absolute Gasteiger partial charge is 0.480 e. The third-order valence-electron chi connectivity index (χ3n) is 2.83. The summed E-state index contributed by atoms with van der Waals surface area (Å²) in [5, 5.41) is 10.8. The standard InChI is InChI=1S/C14H16ClF3N2O3.ClH/c1-2-5-20(8-13(22)23)7-12(21)19-11-4-3-9(15)6-10(11)14(16,17)18;/h3-4,6H,2,5,7-8H2,1H3,(H,19,21)(H,22,23);1H. The maximum Gasteiger partial charge on any atom is 0.418 e. The molecule has 1 aromatic rings. The molecule has 0 aromatic heterocycles. The molecule has 10 heteroatoms. The number of hydrogen-bond acceptors (Lipinski definition) is 3. The second-order valence-corrected chi connectivity index (χ2v) is 5.28. The SMILES string of the molecule is CCCN(CC(=O)O)CC(=O)Nc1ccc(Cl)cc1C(F)(F)F.Cl. The molecular weight excluding hydrogens is 372 g/mol. The number of aliphatic carboxylic acids is 1. The number of carboxylic acids is 1. The minimum absolute atomic E-state index is 0. The molecule has 136 valence electrons. The van der Waals surface area contributed by atoms with Crippen LogP contribution in [0.15, 0.2) is 18.2 Å². The highest BCUT2D eigenvalue weighted by atomic mass is 35.5. The summed E-state index contributed by atoms with van der Waals surface area (Å²) in [6, 6.07) is 3.01. The number of carbonyl (C=O) groups excluding carboxylic acids is 1. The first-order valence-electron chi connectivity index (χ1n) is 6.74. The van der Waals surface area contributed by atoms with Gasteiger partial charge in [0.2, 0.25) is 5.91 Å². The van der Waals surface area contributed by atoms with Crippen molar-refractivity contribution in [2.45, 2.75) is 19.5 Å². The number of rotatable bonds is 7. The van der Waals surface area contributed by atoms with Crippen LogP contribution in [0.4, 0.5) is 18.9 Å². The molecule has 0 unspecified atom stereocenters. The Bertz CT molecular complexity index is 583. The zero-order valence-electron chi connectivity index (χ0n) is 12.7. The number of alkyl halides is 3. The average Bonchev–Trinajstić information content (AvgIpc) is 2.39. The van der Waals surface area contributed by atoms with Crippen molar-refractivity contribution in [1.82, 2.24) is 4.90 Å². The maximum absolute atomic E-state index is 12.9. The van der Waals surface area contributed by atoms with Crippen LogP contribution in [-0.2, 0) is 15.8 Å². The number of hydrogen-bond donors (Lipinski definition) is 2. The summed E-state index contributed by atoms with van der Waals surface area (Å²) in [6.45, 7) is 1.45. The molecule has 0 fully saturated rings. The van der Waals surface area contributed by atoms with Crippen LogP contribution >= 0.6 is 24.0 Å². The molecule has 0 aliphatic heterocycles. The summed E-state index contributed by atoms with van der Waals surface area (Å²) in [7, 11) is 0. The van der Waals surface area contributed by atoms with Gasteiger partial charge in [0.1, 0.15) is 0 Å². The van der Waals surface area contributed by atoms with Crippen molar-refractivity contribution in [3.8, 4) is 0 Å². The number of carboxylic acid groups (broad SMARTS) is 1. The van der Waals surface area contributed by atoms with Crippen LogP contribution in [0.5, 0.6) is 0 Å². The molecular formula is C14H17Cl2F3N2O3. The Balaban J connectivity index is 0.00000529. The van der Waals surface area contributed by atoms with E-state index in [0.29, 0.717) is 13.0 Å². The van der Waals surface area contributed by atoms with Gasteiger partial charge in [-0.05, 0) is 31.2 Å². The predicted octanol–water partition coefficient (Wildman–Crippen LogP) is 3.52. The quantitative estimate of drug-likeness (QED) is 0.749. The van der Waals surface area contributed by atoms with Crippen LogP contribution in [0, 0.1) is 0 Å². The number of benzene rings is 1. The van der Waals surface area contributed by atoms with E-state index in [2.05, 4.69) is 5.32 Å². The van der Waals surface area contributed by atoms with Gasteiger partial charge in [0.15, 0.2) is 0 Å². The summed E-state index contributed by atoms with van der Waals surface area (Å²) in [5.41, 5.74) is -1.47. The molecule has 1 amide bonds. The lowest BCUT2D eigenvalue weighted by atomic mass is 10.1. The molecule has 1 aromatic carbocycles. The van der Waals surface area contributed by atoms with Crippen molar-refractivity contribution in [2.24, 2.45) is 0 Å². The third kappa shape index (κ3) is 7.37. The molecule has 0 aliphatic rings. The Morgan fingerprint density at radius 3 is 2.42 bits per heavy atom. The van der Waals surface area contributed by atoms with Crippen LogP contribution in [0.3, 0.4) is 0 Å². The van der Waals surface area contributed by atoms with Crippen molar-refractivity contribution in [3.05, 3.63) is 28.8 Å². The second kappa shape index (κ2) is 9.71. The zero-order valence-corrected chi connectivity index (χ0v) is 14.3. The fourth-order valence-corrected chi connectivity index (χ4v) is 2.15.